The lowest BCUT2D eigenvalue weighted by Crippen LogP contribution is -2.52. The third kappa shape index (κ3) is 6.99. The highest BCUT2D eigenvalue weighted by molar-refractivity contribution is 7.92. The van der Waals surface area contributed by atoms with Crippen LogP contribution >= 0.6 is 34.8 Å². The number of rotatable bonds is 11. The van der Waals surface area contributed by atoms with Crippen molar-refractivity contribution in [3.63, 3.8) is 0 Å². The normalized spacial score (nSPS) is 12.0. The minimum atomic E-state index is -4.16. The van der Waals surface area contributed by atoms with Crippen LogP contribution in [0.4, 0.5) is 5.69 Å². The van der Waals surface area contributed by atoms with Crippen molar-refractivity contribution in [1.29, 1.82) is 0 Å². The Morgan fingerprint density at radius 3 is 2.03 bits per heavy atom. The standard InChI is InChI=1S/C27H28Cl3N3O4S/c1-3-25(27(35)31-4-2)32(17-22-23(29)11-8-12-24(22)30)26(34)18-33(20-15-13-19(28)14-16-20)38(36,37)21-9-6-5-7-10-21/h5-16,25H,3-4,17-18H2,1-2H3,(H,31,35)/t25-/m1/s1. The third-order valence-corrected chi connectivity index (χ3v) is 8.60. The molecule has 0 saturated carbocycles. The maximum atomic E-state index is 13.9. The Morgan fingerprint density at radius 2 is 1.47 bits per heavy atom. The van der Waals surface area contributed by atoms with Gasteiger partial charge in [-0.15, -0.1) is 0 Å². The van der Waals surface area contributed by atoms with Gasteiger partial charge < -0.3 is 10.2 Å². The summed E-state index contributed by atoms with van der Waals surface area (Å²) in [6.07, 6.45) is 0.284. The number of nitrogens with zero attached hydrogens (tertiary/aromatic N) is 2. The average molecular weight is 597 g/mol. The summed E-state index contributed by atoms with van der Waals surface area (Å²) in [7, 11) is -4.16. The summed E-state index contributed by atoms with van der Waals surface area (Å²) in [5, 5.41) is 3.81. The lowest BCUT2D eigenvalue weighted by atomic mass is 10.1. The van der Waals surface area contributed by atoms with Gasteiger partial charge in [0.15, 0.2) is 0 Å². The fraction of sp³-hybridized carbons (Fsp3) is 0.259. The van der Waals surface area contributed by atoms with E-state index in [0.29, 0.717) is 27.2 Å². The molecule has 7 nitrogen and oxygen atoms in total. The van der Waals surface area contributed by atoms with Crippen LogP contribution in [0.25, 0.3) is 0 Å². The highest BCUT2D eigenvalue weighted by atomic mass is 35.5. The molecule has 38 heavy (non-hydrogen) atoms. The van der Waals surface area contributed by atoms with Crippen molar-refractivity contribution < 1.29 is 18.0 Å². The number of hydrogen-bond donors (Lipinski definition) is 1. The first-order valence-corrected chi connectivity index (χ1v) is 14.5. The van der Waals surface area contributed by atoms with Crippen LogP contribution in [-0.2, 0) is 26.2 Å². The van der Waals surface area contributed by atoms with Gasteiger partial charge in [0.2, 0.25) is 11.8 Å². The number of amides is 2. The zero-order chi connectivity index (χ0) is 27.9. The molecular formula is C27H28Cl3N3O4S. The minimum Gasteiger partial charge on any atom is -0.355 e. The van der Waals surface area contributed by atoms with Gasteiger partial charge in [0.1, 0.15) is 12.6 Å². The second kappa shape index (κ2) is 13.3. The first-order chi connectivity index (χ1) is 18.1. The van der Waals surface area contributed by atoms with Crippen molar-refractivity contribution in [2.45, 2.75) is 37.8 Å². The zero-order valence-electron chi connectivity index (χ0n) is 20.9. The van der Waals surface area contributed by atoms with Crippen molar-refractivity contribution in [2.75, 3.05) is 17.4 Å². The van der Waals surface area contributed by atoms with Gasteiger partial charge >= 0.3 is 0 Å². The van der Waals surface area contributed by atoms with E-state index in [9.17, 15) is 18.0 Å². The van der Waals surface area contributed by atoms with E-state index >= 15 is 0 Å². The van der Waals surface area contributed by atoms with Crippen LogP contribution in [-0.4, -0.2) is 44.3 Å². The number of halogens is 3. The minimum absolute atomic E-state index is 0.0132. The highest BCUT2D eigenvalue weighted by Gasteiger charge is 2.34. The van der Waals surface area contributed by atoms with Gasteiger partial charge in [-0.25, -0.2) is 8.42 Å². The summed E-state index contributed by atoms with van der Waals surface area (Å²) < 4.78 is 28.4. The molecule has 1 atom stereocenters. The van der Waals surface area contributed by atoms with Crippen molar-refractivity contribution in [3.8, 4) is 0 Å². The molecule has 0 aliphatic carbocycles. The van der Waals surface area contributed by atoms with E-state index < -0.39 is 28.5 Å². The smallest absolute Gasteiger partial charge is 0.264 e. The number of benzene rings is 3. The van der Waals surface area contributed by atoms with E-state index in [1.807, 2.05) is 0 Å². The molecule has 0 aliphatic rings. The number of likely N-dealkylation sites (N-methyl/N-ethyl adjacent to an activating group) is 1. The average Bonchev–Trinajstić information content (AvgIpc) is 2.90. The van der Waals surface area contributed by atoms with Gasteiger partial charge in [-0.1, -0.05) is 66.0 Å². The number of sulfonamides is 1. The maximum Gasteiger partial charge on any atom is 0.264 e. The molecule has 2 amide bonds. The lowest BCUT2D eigenvalue weighted by Gasteiger charge is -2.33. The fourth-order valence-electron chi connectivity index (χ4n) is 3.92. The molecule has 202 valence electrons. The quantitative estimate of drug-likeness (QED) is 0.304. The topological polar surface area (TPSA) is 86.8 Å². The Kier molecular flexibility index (Phi) is 10.4. The van der Waals surface area contributed by atoms with E-state index in [4.69, 9.17) is 34.8 Å². The molecule has 0 aliphatic heterocycles. The number of anilines is 1. The summed E-state index contributed by atoms with van der Waals surface area (Å²) in [5.74, 6) is -0.968. The van der Waals surface area contributed by atoms with Crippen molar-refractivity contribution in [2.24, 2.45) is 0 Å². The van der Waals surface area contributed by atoms with E-state index in [-0.39, 0.29) is 29.5 Å². The molecule has 3 rings (SSSR count). The van der Waals surface area contributed by atoms with Crippen LogP contribution in [0.2, 0.25) is 15.1 Å². The Labute approximate surface area is 238 Å². The molecule has 0 heterocycles. The molecule has 3 aromatic rings. The van der Waals surface area contributed by atoms with Crippen LogP contribution in [0.1, 0.15) is 25.8 Å². The van der Waals surface area contributed by atoms with Crippen molar-refractivity contribution in [1.82, 2.24) is 10.2 Å². The third-order valence-electron chi connectivity index (χ3n) is 5.85. The second-order valence-corrected chi connectivity index (χ2v) is 11.5. The largest absolute Gasteiger partial charge is 0.355 e. The number of hydrogen-bond acceptors (Lipinski definition) is 4. The molecule has 0 aromatic heterocycles. The van der Waals surface area contributed by atoms with Gasteiger partial charge in [-0.3, -0.25) is 13.9 Å². The van der Waals surface area contributed by atoms with E-state index in [2.05, 4.69) is 5.32 Å². The monoisotopic (exact) mass is 595 g/mol. The van der Waals surface area contributed by atoms with Crippen molar-refractivity contribution >= 4 is 62.3 Å². The molecule has 3 aromatic carbocycles. The predicted molar refractivity (Wildman–Crippen MR) is 152 cm³/mol. The Balaban J connectivity index is 2.08. The summed E-state index contributed by atoms with van der Waals surface area (Å²) >= 11 is 18.8. The molecule has 0 radical (unpaired) electrons. The lowest BCUT2D eigenvalue weighted by molar-refractivity contribution is -0.140. The molecule has 0 spiro atoms. The van der Waals surface area contributed by atoms with E-state index in [0.717, 1.165) is 4.31 Å². The molecule has 1 N–H and O–H groups in total. The van der Waals surface area contributed by atoms with Gasteiger partial charge in [0.05, 0.1) is 10.6 Å². The first-order valence-electron chi connectivity index (χ1n) is 11.9. The summed E-state index contributed by atoms with van der Waals surface area (Å²) in [5.41, 5.74) is 0.698. The van der Waals surface area contributed by atoms with E-state index in [1.165, 1.54) is 29.2 Å². The first kappa shape index (κ1) is 29.8. The van der Waals surface area contributed by atoms with Crippen LogP contribution in [0.15, 0.2) is 77.7 Å². The fourth-order valence-corrected chi connectivity index (χ4v) is 6.00. The number of carbonyl (C=O) groups excluding carboxylic acids is 2. The summed E-state index contributed by atoms with van der Waals surface area (Å²) in [4.78, 5) is 28.2. The Bertz CT molecular complexity index is 1350. The SMILES string of the molecule is CCNC(=O)[C@@H](CC)N(Cc1c(Cl)cccc1Cl)C(=O)CN(c1ccc(Cl)cc1)S(=O)(=O)c1ccccc1. The number of nitrogens with one attached hydrogen (secondary N) is 1. The van der Waals surface area contributed by atoms with Gasteiger partial charge in [-0.2, -0.15) is 0 Å². The highest BCUT2D eigenvalue weighted by Crippen LogP contribution is 2.29. The molecule has 11 heteroatoms. The van der Waals surface area contributed by atoms with Crippen molar-refractivity contribution in [3.05, 3.63) is 93.4 Å². The second-order valence-electron chi connectivity index (χ2n) is 8.34. The van der Waals surface area contributed by atoms with Crippen LogP contribution < -0.4 is 9.62 Å². The summed E-state index contributed by atoms with van der Waals surface area (Å²) in [6, 6.07) is 18.0. The predicted octanol–water partition coefficient (Wildman–Crippen LogP) is 5.79. The van der Waals surface area contributed by atoms with Crippen LogP contribution in [0.3, 0.4) is 0 Å². The Morgan fingerprint density at radius 1 is 0.868 bits per heavy atom. The van der Waals surface area contributed by atoms with Gasteiger partial charge in [0, 0.05) is 33.7 Å². The number of carbonyl (C=O) groups is 2. The molecular weight excluding hydrogens is 569 g/mol. The van der Waals surface area contributed by atoms with Gasteiger partial charge in [0.25, 0.3) is 10.0 Å². The van der Waals surface area contributed by atoms with Gasteiger partial charge in [-0.05, 0) is 61.9 Å². The molecule has 0 unspecified atom stereocenters. The molecule has 0 saturated heterocycles. The molecule has 0 fully saturated rings. The summed E-state index contributed by atoms with van der Waals surface area (Å²) in [6.45, 7) is 3.25. The zero-order valence-corrected chi connectivity index (χ0v) is 24.0. The van der Waals surface area contributed by atoms with Crippen LogP contribution in [0, 0.1) is 0 Å². The van der Waals surface area contributed by atoms with E-state index in [1.54, 1.807) is 62.4 Å². The molecule has 0 bridgehead atoms. The maximum absolute atomic E-state index is 13.9. The Hall–Kier alpha value is -2.78. The van der Waals surface area contributed by atoms with Crippen LogP contribution in [0.5, 0.6) is 0 Å².